The Kier molecular flexibility index (Phi) is 5.56. The molecule has 26 heavy (non-hydrogen) atoms. The Labute approximate surface area is 149 Å². The second-order valence-corrected chi connectivity index (χ2v) is 6.34. The summed E-state index contributed by atoms with van der Waals surface area (Å²) in [5.74, 6) is -0.707. The number of aliphatic hydroxyl groups excluding tert-OH is 4. The van der Waals surface area contributed by atoms with Crippen molar-refractivity contribution in [2.45, 2.75) is 43.2 Å². The van der Waals surface area contributed by atoms with Crippen molar-refractivity contribution >= 4 is 16.9 Å². The minimum absolute atomic E-state index is 0.251. The van der Waals surface area contributed by atoms with E-state index in [-0.39, 0.29) is 6.42 Å². The first-order valence-corrected chi connectivity index (χ1v) is 8.23. The zero-order chi connectivity index (χ0) is 18.8. The van der Waals surface area contributed by atoms with Gasteiger partial charge in [0, 0.05) is 23.5 Å². The second kappa shape index (κ2) is 7.70. The van der Waals surface area contributed by atoms with Gasteiger partial charge in [0.2, 0.25) is 0 Å². The van der Waals surface area contributed by atoms with Crippen LogP contribution in [0.4, 0.5) is 0 Å². The SMILES string of the molecule is N[C@@H](Cc1c[nH]c2ccccc12)C(=O)OC[C@@H]1O[C@H](O)[C@H](O)[C@H](O)[C@H]1O. The van der Waals surface area contributed by atoms with Crippen molar-refractivity contribution < 1.29 is 34.7 Å². The molecule has 1 aliphatic rings. The maximum atomic E-state index is 12.1. The number of para-hydroxylation sites is 1. The van der Waals surface area contributed by atoms with Crippen LogP contribution in [0, 0.1) is 0 Å². The van der Waals surface area contributed by atoms with Crippen molar-refractivity contribution in [2.75, 3.05) is 6.61 Å². The fraction of sp³-hybridized carbons (Fsp3) is 0.471. The lowest BCUT2D eigenvalue weighted by Gasteiger charge is -2.37. The van der Waals surface area contributed by atoms with Crippen molar-refractivity contribution in [1.29, 1.82) is 0 Å². The Bertz CT molecular complexity index is 764. The number of fused-ring (bicyclic) bond motifs is 1. The first kappa shape index (κ1) is 18.8. The molecule has 142 valence electrons. The Balaban J connectivity index is 1.56. The standard InChI is InChI=1S/C17H22N2O7/c18-10(5-8-6-19-11-4-2-1-3-9(8)11)16(23)25-7-12-13(20)14(21)15(22)17(24)26-12/h1-4,6,10,12-15,17,19-22,24H,5,7,18H2/t10-,12-,13-,14+,15+,17-/m0/s1. The molecule has 1 aliphatic heterocycles. The van der Waals surface area contributed by atoms with Crippen LogP contribution in [0.3, 0.4) is 0 Å². The summed E-state index contributed by atoms with van der Waals surface area (Å²) in [6.07, 6.45) is -5.58. The predicted octanol–water partition coefficient (Wildman–Crippen LogP) is -1.62. The summed E-state index contributed by atoms with van der Waals surface area (Å²) in [6.45, 7) is -0.414. The van der Waals surface area contributed by atoms with Crippen LogP contribution in [0.1, 0.15) is 5.56 Å². The monoisotopic (exact) mass is 366 g/mol. The van der Waals surface area contributed by atoms with Crippen LogP contribution in [-0.4, -0.2) is 74.7 Å². The van der Waals surface area contributed by atoms with Gasteiger partial charge in [-0.1, -0.05) is 18.2 Å². The van der Waals surface area contributed by atoms with Gasteiger partial charge in [0.1, 0.15) is 37.1 Å². The van der Waals surface area contributed by atoms with E-state index in [2.05, 4.69) is 4.98 Å². The van der Waals surface area contributed by atoms with Crippen molar-refractivity contribution in [1.82, 2.24) is 4.98 Å². The Hall–Kier alpha value is -2.01. The number of benzene rings is 1. The number of hydrogen-bond acceptors (Lipinski definition) is 8. The molecule has 0 aliphatic carbocycles. The zero-order valence-corrected chi connectivity index (χ0v) is 13.9. The van der Waals surface area contributed by atoms with Gasteiger partial charge in [-0.2, -0.15) is 0 Å². The van der Waals surface area contributed by atoms with Gasteiger partial charge in [-0.25, -0.2) is 0 Å². The van der Waals surface area contributed by atoms with Crippen LogP contribution in [0.5, 0.6) is 0 Å². The molecule has 0 radical (unpaired) electrons. The third kappa shape index (κ3) is 3.73. The Morgan fingerprint density at radius 3 is 2.69 bits per heavy atom. The van der Waals surface area contributed by atoms with Gasteiger partial charge >= 0.3 is 5.97 Å². The quantitative estimate of drug-likeness (QED) is 0.345. The molecule has 0 unspecified atom stereocenters. The lowest BCUT2D eigenvalue weighted by Crippen LogP contribution is -2.58. The number of aromatic amines is 1. The topological polar surface area (TPSA) is 158 Å². The lowest BCUT2D eigenvalue weighted by molar-refractivity contribution is -0.287. The van der Waals surface area contributed by atoms with Gasteiger partial charge in [0.15, 0.2) is 6.29 Å². The molecule has 1 saturated heterocycles. The molecule has 6 atom stereocenters. The smallest absolute Gasteiger partial charge is 0.323 e. The molecule has 1 aromatic heterocycles. The number of carbonyl (C=O) groups is 1. The molecule has 0 saturated carbocycles. The predicted molar refractivity (Wildman–Crippen MR) is 89.8 cm³/mol. The number of nitrogens with two attached hydrogens (primary N) is 1. The molecule has 2 heterocycles. The number of hydrogen-bond donors (Lipinski definition) is 6. The highest BCUT2D eigenvalue weighted by molar-refractivity contribution is 5.84. The summed E-state index contributed by atoms with van der Waals surface area (Å²) >= 11 is 0. The normalized spacial score (nSPS) is 30.3. The average Bonchev–Trinajstić information content (AvgIpc) is 3.04. The number of carbonyl (C=O) groups excluding carboxylic acids is 1. The van der Waals surface area contributed by atoms with E-state index in [1.165, 1.54) is 0 Å². The highest BCUT2D eigenvalue weighted by Crippen LogP contribution is 2.21. The van der Waals surface area contributed by atoms with Crippen LogP contribution in [0.25, 0.3) is 10.9 Å². The highest BCUT2D eigenvalue weighted by Gasteiger charge is 2.43. The van der Waals surface area contributed by atoms with Crippen molar-refractivity contribution in [3.05, 3.63) is 36.0 Å². The van der Waals surface area contributed by atoms with Crippen LogP contribution >= 0.6 is 0 Å². The number of H-pyrrole nitrogens is 1. The summed E-state index contributed by atoms with van der Waals surface area (Å²) in [5, 5.41) is 39.3. The Morgan fingerprint density at radius 2 is 1.92 bits per heavy atom. The fourth-order valence-corrected chi connectivity index (χ4v) is 2.96. The van der Waals surface area contributed by atoms with Gasteiger partial charge in [-0.05, 0) is 11.6 Å². The molecular formula is C17H22N2O7. The maximum Gasteiger partial charge on any atom is 0.323 e. The molecule has 0 spiro atoms. The number of rotatable bonds is 5. The molecule has 2 aromatic rings. The van der Waals surface area contributed by atoms with Crippen molar-refractivity contribution in [2.24, 2.45) is 5.73 Å². The summed E-state index contributed by atoms with van der Waals surface area (Å²) in [7, 11) is 0. The zero-order valence-electron chi connectivity index (χ0n) is 13.9. The largest absolute Gasteiger partial charge is 0.462 e. The first-order chi connectivity index (χ1) is 12.4. The van der Waals surface area contributed by atoms with E-state index in [9.17, 15) is 25.2 Å². The van der Waals surface area contributed by atoms with Gasteiger partial charge in [-0.3, -0.25) is 4.79 Å². The Morgan fingerprint density at radius 1 is 1.19 bits per heavy atom. The van der Waals surface area contributed by atoms with E-state index in [0.717, 1.165) is 16.5 Å². The molecule has 1 fully saturated rings. The summed E-state index contributed by atoms with van der Waals surface area (Å²) in [6, 6.07) is 6.67. The summed E-state index contributed by atoms with van der Waals surface area (Å²) < 4.78 is 9.99. The maximum absolute atomic E-state index is 12.1. The molecule has 0 amide bonds. The molecule has 3 rings (SSSR count). The third-order valence-corrected chi connectivity index (χ3v) is 4.49. The van der Waals surface area contributed by atoms with Crippen molar-refractivity contribution in [3.63, 3.8) is 0 Å². The van der Waals surface area contributed by atoms with Gasteiger partial charge in [0.05, 0.1) is 0 Å². The van der Waals surface area contributed by atoms with Crippen LogP contribution in [-0.2, 0) is 20.7 Å². The van der Waals surface area contributed by atoms with Gasteiger partial charge < -0.3 is 40.6 Å². The number of aliphatic hydroxyl groups is 4. The van der Waals surface area contributed by atoms with E-state index in [1.54, 1.807) is 6.20 Å². The first-order valence-electron chi connectivity index (χ1n) is 8.23. The number of nitrogens with one attached hydrogen (secondary N) is 1. The van der Waals surface area contributed by atoms with E-state index >= 15 is 0 Å². The molecule has 0 bridgehead atoms. The molecular weight excluding hydrogens is 344 g/mol. The summed E-state index contributed by atoms with van der Waals surface area (Å²) in [5.41, 5.74) is 7.70. The number of aromatic nitrogens is 1. The fourth-order valence-electron chi connectivity index (χ4n) is 2.96. The summed E-state index contributed by atoms with van der Waals surface area (Å²) in [4.78, 5) is 15.2. The number of ether oxygens (including phenoxy) is 2. The minimum atomic E-state index is -1.68. The lowest BCUT2D eigenvalue weighted by atomic mass is 9.99. The van der Waals surface area contributed by atoms with Crippen LogP contribution in [0.15, 0.2) is 30.5 Å². The number of esters is 1. The average molecular weight is 366 g/mol. The molecule has 9 heteroatoms. The third-order valence-electron chi connectivity index (χ3n) is 4.49. The van der Waals surface area contributed by atoms with Gasteiger partial charge in [0.25, 0.3) is 0 Å². The van der Waals surface area contributed by atoms with E-state index in [1.807, 2.05) is 24.3 Å². The van der Waals surface area contributed by atoms with Gasteiger partial charge in [-0.15, -0.1) is 0 Å². The van der Waals surface area contributed by atoms with Crippen LogP contribution < -0.4 is 5.73 Å². The second-order valence-electron chi connectivity index (χ2n) is 6.34. The van der Waals surface area contributed by atoms with E-state index in [0.29, 0.717) is 0 Å². The molecule has 1 aromatic carbocycles. The molecule has 9 nitrogen and oxygen atoms in total. The highest BCUT2D eigenvalue weighted by atomic mass is 16.6. The minimum Gasteiger partial charge on any atom is -0.462 e. The van der Waals surface area contributed by atoms with E-state index in [4.69, 9.17) is 15.2 Å². The van der Waals surface area contributed by atoms with E-state index < -0.39 is 49.3 Å². The van der Waals surface area contributed by atoms with Crippen LogP contribution in [0.2, 0.25) is 0 Å². The molecule has 7 N–H and O–H groups in total. The van der Waals surface area contributed by atoms with Crippen molar-refractivity contribution in [3.8, 4) is 0 Å².